The van der Waals surface area contributed by atoms with Gasteiger partial charge in [-0.3, -0.25) is 0 Å². The first kappa shape index (κ1) is 11.6. The lowest BCUT2D eigenvalue weighted by molar-refractivity contribution is 1.000. The SMILES string of the molecule is Nc1ccc2nc(NCCc3ccccc3)[nH]c2c1. The van der Waals surface area contributed by atoms with Gasteiger partial charge in [0.1, 0.15) is 0 Å². The van der Waals surface area contributed by atoms with Crippen molar-refractivity contribution in [2.24, 2.45) is 0 Å². The summed E-state index contributed by atoms with van der Waals surface area (Å²) in [6.45, 7) is 0.847. The van der Waals surface area contributed by atoms with Crippen LogP contribution in [-0.2, 0) is 6.42 Å². The summed E-state index contributed by atoms with van der Waals surface area (Å²) in [6, 6.07) is 16.1. The quantitative estimate of drug-likeness (QED) is 0.625. The minimum atomic E-state index is 0.743. The van der Waals surface area contributed by atoms with E-state index in [1.54, 1.807) is 0 Å². The van der Waals surface area contributed by atoms with Crippen LogP contribution in [0, 0.1) is 0 Å². The van der Waals surface area contributed by atoms with Crippen LogP contribution in [0.15, 0.2) is 48.5 Å². The molecule has 2 aromatic carbocycles. The zero-order valence-corrected chi connectivity index (χ0v) is 10.6. The summed E-state index contributed by atoms with van der Waals surface area (Å²) in [7, 11) is 0. The molecule has 1 heterocycles. The predicted molar refractivity (Wildman–Crippen MR) is 79.1 cm³/mol. The second-order valence-electron chi connectivity index (χ2n) is 4.52. The average Bonchev–Trinajstić information content (AvgIpc) is 2.82. The van der Waals surface area contributed by atoms with Gasteiger partial charge in [0.15, 0.2) is 0 Å². The average molecular weight is 252 g/mol. The highest BCUT2D eigenvalue weighted by Gasteiger charge is 2.02. The van der Waals surface area contributed by atoms with E-state index in [-0.39, 0.29) is 0 Å². The topological polar surface area (TPSA) is 66.7 Å². The first-order valence-corrected chi connectivity index (χ1v) is 6.34. The van der Waals surface area contributed by atoms with Crippen molar-refractivity contribution in [3.63, 3.8) is 0 Å². The van der Waals surface area contributed by atoms with Crippen molar-refractivity contribution in [1.82, 2.24) is 9.97 Å². The van der Waals surface area contributed by atoms with E-state index >= 15 is 0 Å². The molecule has 0 saturated heterocycles. The summed E-state index contributed by atoms with van der Waals surface area (Å²) in [5.41, 5.74) is 9.69. The molecule has 0 unspecified atom stereocenters. The van der Waals surface area contributed by atoms with Crippen LogP contribution >= 0.6 is 0 Å². The van der Waals surface area contributed by atoms with E-state index in [0.29, 0.717) is 0 Å². The van der Waals surface area contributed by atoms with Gasteiger partial charge in [0, 0.05) is 12.2 Å². The zero-order valence-electron chi connectivity index (χ0n) is 10.6. The molecule has 3 aromatic rings. The van der Waals surface area contributed by atoms with Crippen molar-refractivity contribution < 1.29 is 0 Å². The molecule has 0 bridgehead atoms. The van der Waals surface area contributed by atoms with Gasteiger partial charge in [-0.05, 0) is 30.2 Å². The van der Waals surface area contributed by atoms with E-state index in [9.17, 15) is 0 Å². The molecule has 0 fully saturated rings. The number of hydrogen-bond donors (Lipinski definition) is 3. The maximum atomic E-state index is 5.74. The third kappa shape index (κ3) is 2.68. The Hall–Kier alpha value is -2.49. The van der Waals surface area contributed by atoms with Gasteiger partial charge in [-0.15, -0.1) is 0 Å². The van der Waals surface area contributed by atoms with Crippen molar-refractivity contribution in [2.75, 3.05) is 17.6 Å². The minimum absolute atomic E-state index is 0.743. The Bertz CT molecular complexity index is 673. The number of rotatable bonds is 4. The van der Waals surface area contributed by atoms with Crippen LogP contribution in [0.5, 0.6) is 0 Å². The molecular formula is C15H16N4. The Morgan fingerprint density at radius 1 is 1.11 bits per heavy atom. The summed E-state index contributed by atoms with van der Waals surface area (Å²) in [5.74, 6) is 0.788. The predicted octanol–water partition coefficient (Wildman–Crippen LogP) is 2.80. The number of fused-ring (bicyclic) bond motifs is 1. The molecule has 0 aliphatic heterocycles. The molecule has 0 aliphatic carbocycles. The lowest BCUT2D eigenvalue weighted by Gasteiger charge is -2.02. The van der Waals surface area contributed by atoms with Gasteiger partial charge in [-0.25, -0.2) is 4.98 Å². The smallest absolute Gasteiger partial charge is 0.201 e. The highest BCUT2D eigenvalue weighted by molar-refractivity contribution is 5.80. The van der Waals surface area contributed by atoms with Gasteiger partial charge in [-0.2, -0.15) is 0 Å². The van der Waals surface area contributed by atoms with E-state index in [0.717, 1.165) is 35.6 Å². The number of benzene rings is 2. The molecule has 4 N–H and O–H groups in total. The first-order valence-electron chi connectivity index (χ1n) is 6.34. The van der Waals surface area contributed by atoms with Crippen LogP contribution in [-0.4, -0.2) is 16.5 Å². The summed E-state index contributed by atoms with van der Waals surface area (Å²) in [4.78, 5) is 7.68. The molecule has 0 spiro atoms. The fourth-order valence-electron chi connectivity index (χ4n) is 2.08. The fraction of sp³-hybridized carbons (Fsp3) is 0.133. The zero-order chi connectivity index (χ0) is 13.1. The van der Waals surface area contributed by atoms with Crippen molar-refractivity contribution in [1.29, 1.82) is 0 Å². The fourth-order valence-corrected chi connectivity index (χ4v) is 2.08. The molecule has 3 rings (SSSR count). The number of H-pyrrole nitrogens is 1. The summed E-state index contributed by atoms with van der Waals surface area (Å²) in [6.07, 6.45) is 0.972. The van der Waals surface area contributed by atoms with E-state index in [4.69, 9.17) is 5.73 Å². The number of nitrogens with two attached hydrogens (primary N) is 1. The molecule has 96 valence electrons. The summed E-state index contributed by atoms with van der Waals surface area (Å²) in [5, 5.41) is 3.29. The molecular weight excluding hydrogens is 236 g/mol. The van der Waals surface area contributed by atoms with E-state index in [2.05, 4.69) is 39.6 Å². The van der Waals surface area contributed by atoms with Gasteiger partial charge in [-0.1, -0.05) is 30.3 Å². The molecule has 4 heteroatoms. The molecule has 0 saturated carbocycles. The van der Waals surface area contributed by atoms with Gasteiger partial charge >= 0.3 is 0 Å². The number of aromatic nitrogens is 2. The molecule has 19 heavy (non-hydrogen) atoms. The summed E-state index contributed by atoms with van der Waals surface area (Å²) < 4.78 is 0. The van der Waals surface area contributed by atoms with E-state index < -0.39 is 0 Å². The second kappa shape index (κ2) is 5.02. The van der Waals surface area contributed by atoms with Gasteiger partial charge in [0.2, 0.25) is 5.95 Å². The highest BCUT2D eigenvalue weighted by atomic mass is 15.1. The van der Waals surface area contributed by atoms with Crippen LogP contribution in [0.25, 0.3) is 11.0 Å². The second-order valence-corrected chi connectivity index (χ2v) is 4.52. The maximum absolute atomic E-state index is 5.74. The van der Waals surface area contributed by atoms with E-state index in [1.165, 1.54) is 5.56 Å². The van der Waals surface area contributed by atoms with Crippen molar-refractivity contribution in [3.05, 3.63) is 54.1 Å². The molecule has 0 aliphatic rings. The van der Waals surface area contributed by atoms with Crippen molar-refractivity contribution >= 4 is 22.7 Å². The molecule has 1 aromatic heterocycles. The molecule has 0 amide bonds. The monoisotopic (exact) mass is 252 g/mol. The number of nitrogens with one attached hydrogen (secondary N) is 2. The standard InChI is InChI=1S/C15H16N4/c16-12-6-7-13-14(10-12)19-15(18-13)17-9-8-11-4-2-1-3-5-11/h1-7,10H,8-9,16H2,(H2,17,18,19). The Balaban J connectivity index is 1.65. The highest BCUT2D eigenvalue weighted by Crippen LogP contribution is 2.17. The van der Waals surface area contributed by atoms with Crippen LogP contribution in [0.3, 0.4) is 0 Å². The van der Waals surface area contributed by atoms with Crippen LogP contribution < -0.4 is 11.1 Å². The minimum Gasteiger partial charge on any atom is -0.399 e. The van der Waals surface area contributed by atoms with Crippen LogP contribution in [0.1, 0.15) is 5.56 Å². The van der Waals surface area contributed by atoms with Crippen LogP contribution in [0.4, 0.5) is 11.6 Å². The third-order valence-corrected chi connectivity index (χ3v) is 3.05. The summed E-state index contributed by atoms with van der Waals surface area (Å²) >= 11 is 0. The number of anilines is 2. The largest absolute Gasteiger partial charge is 0.399 e. The van der Waals surface area contributed by atoms with Crippen molar-refractivity contribution in [2.45, 2.75) is 6.42 Å². The lowest BCUT2D eigenvalue weighted by atomic mass is 10.1. The Kier molecular flexibility index (Phi) is 3.06. The van der Waals surface area contributed by atoms with Gasteiger partial charge < -0.3 is 16.0 Å². The van der Waals surface area contributed by atoms with Crippen LogP contribution in [0.2, 0.25) is 0 Å². The van der Waals surface area contributed by atoms with Gasteiger partial charge in [0.05, 0.1) is 11.0 Å². The van der Waals surface area contributed by atoms with Gasteiger partial charge in [0.25, 0.3) is 0 Å². The third-order valence-electron chi connectivity index (χ3n) is 3.05. The maximum Gasteiger partial charge on any atom is 0.201 e. The Morgan fingerprint density at radius 2 is 1.95 bits per heavy atom. The number of aromatic amines is 1. The number of nitrogens with zero attached hydrogens (tertiary/aromatic N) is 1. The Labute approximate surface area is 111 Å². The first-order chi connectivity index (χ1) is 9.31. The Morgan fingerprint density at radius 3 is 2.79 bits per heavy atom. The molecule has 0 atom stereocenters. The number of nitrogen functional groups attached to an aromatic ring is 1. The molecule has 4 nitrogen and oxygen atoms in total. The normalized spacial score (nSPS) is 10.7. The molecule has 0 radical (unpaired) electrons. The van der Waals surface area contributed by atoms with Crippen molar-refractivity contribution in [3.8, 4) is 0 Å². The van der Waals surface area contributed by atoms with E-state index in [1.807, 2.05) is 24.3 Å². The number of imidazole rings is 1. The number of hydrogen-bond acceptors (Lipinski definition) is 3. The lowest BCUT2D eigenvalue weighted by Crippen LogP contribution is -2.05.